The molecule has 0 N–H and O–H groups in total. The van der Waals surface area contributed by atoms with Crippen LogP contribution >= 0.6 is 0 Å². The molecule has 0 aromatic heterocycles. The van der Waals surface area contributed by atoms with E-state index in [1.807, 2.05) is 30.3 Å². The normalized spacial score (nSPS) is 23.2. The first-order valence-electron chi connectivity index (χ1n) is 9.87. The number of piperazine rings is 1. The van der Waals surface area contributed by atoms with Gasteiger partial charge in [0.15, 0.2) is 0 Å². The molecular formula is C22H26N2O5. The molecule has 2 aliphatic rings. The summed E-state index contributed by atoms with van der Waals surface area (Å²) in [6, 6.07) is 7.97. The number of hydrogen-bond donors (Lipinski definition) is 0. The van der Waals surface area contributed by atoms with Gasteiger partial charge in [0, 0.05) is 0 Å². The van der Waals surface area contributed by atoms with Crippen LogP contribution in [0.1, 0.15) is 31.7 Å². The SMILES string of the molecule is C=C=C[C@@H]1[C@H]2CCC[C@@H](C(=O)N1CC(=O)OCC)N2C(=O)OCc1ccccc1. The van der Waals surface area contributed by atoms with Gasteiger partial charge in [0.2, 0.25) is 5.91 Å². The van der Waals surface area contributed by atoms with E-state index in [-0.39, 0.29) is 31.7 Å². The topological polar surface area (TPSA) is 76.2 Å². The average Bonchev–Trinajstić information content (AvgIpc) is 2.73. The molecule has 3 rings (SSSR count). The molecule has 2 heterocycles. The summed E-state index contributed by atoms with van der Waals surface area (Å²) >= 11 is 0. The van der Waals surface area contributed by atoms with Crippen LogP contribution in [0, 0.1) is 0 Å². The lowest BCUT2D eigenvalue weighted by Gasteiger charge is -2.51. The summed E-state index contributed by atoms with van der Waals surface area (Å²) in [5.41, 5.74) is 3.59. The molecule has 2 bridgehead atoms. The second-order valence-electron chi connectivity index (χ2n) is 7.09. The van der Waals surface area contributed by atoms with Gasteiger partial charge in [-0.05, 0) is 37.8 Å². The monoisotopic (exact) mass is 398 g/mol. The molecule has 2 fully saturated rings. The summed E-state index contributed by atoms with van der Waals surface area (Å²) in [5.74, 6) is -0.747. The van der Waals surface area contributed by atoms with Crippen molar-refractivity contribution in [1.82, 2.24) is 9.80 Å². The van der Waals surface area contributed by atoms with E-state index in [4.69, 9.17) is 9.47 Å². The van der Waals surface area contributed by atoms with Crippen LogP contribution in [0.3, 0.4) is 0 Å². The minimum Gasteiger partial charge on any atom is -0.465 e. The maximum absolute atomic E-state index is 13.2. The van der Waals surface area contributed by atoms with Crippen LogP contribution in [0.25, 0.3) is 0 Å². The molecule has 7 heteroatoms. The van der Waals surface area contributed by atoms with Crippen LogP contribution in [-0.2, 0) is 25.7 Å². The summed E-state index contributed by atoms with van der Waals surface area (Å²) in [6.07, 6.45) is 3.18. The van der Waals surface area contributed by atoms with Crippen molar-refractivity contribution >= 4 is 18.0 Å². The third kappa shape index (κ3) is 4.51. The summed E-state index contributed by atoms with van der Waals surface area (Å²) in [4.78, 5) is 41.1. The van der Waals surface area contributed by atoms with Gasteiger partial charge in [-0.3, -0.25) is 14.5 Å². The van der Waals surface area contributed by atoms with Crippen molar-refractivity contribution in [3.05, 3.63) is 54.3 Å². The minimum absolute atomic E-state index is 0.137. The highest BCUT2D eigenvalue weighted by Crippen LogP contribution is 2.34. The molecule has 2 aliphatic heterocycles. The number of benzene rings is 1. The Balaban J connectivity index is 1.80. The molecule has 2 saturated heterocycles. The number of fused-ring (bicyclic) bond motifs is 2. The van der Waals surface area contributed by atoms with Crippen molar-refractivity contribution in [3.63, 3.8) is 0 Å². The molecule has 1 aromatic rings. The zero-order valence-electron chi connectivity index (χ0n) is 16.6. The Morgan fingerprint density at radius 2 is 2.00 bits per heavy atom. The Labute approximate surface area is 170 Å². The standard InChI is InChI=1S/C22H26N2O5/c1-3-9-17-18-12-8-13-19(21(26)23(17)14-20(25)28-4-2)24(18)22(27)29-15-16-10-6-5-7-11-16/h5-7,9-11,17-19H,1,4,8,12-15H2,2H3/t17-,18-,19+/m1/s1. The first-order valence-corrected chi connectivity index (χ1v) is 9.87. The molecule has 29 heavy (non-hydrogen) atoms. The lowest BCUT2D eigenvalue weighted by Crippen LogP contribution is -2.69. The highest BCUT2D eigenvalue weighted by Gasteiger charge is 2.51. The highest BCUT2D eigenvalue weighted by molar-refractivity contribution is 5.90. The molecule has 0 unspecified atom stereocenters. The Kier molecular flexibility index (Phi) is 6.73. The number of carbonyl (C=O) groups is 3. The van der Waals surface area contributed by atoms with E-state index in [1.165, 1.54) is 9.80 Å². The number of amides is 2. The molecule has 2 amide bonds. The maximum Gasteiger partial charge on any atom is 0.411 e. The highest BCUT2D eigenvalue weighted by atomic mass is 16.6. The van der Waals surface area contributed by atoms with Crippen molar-refractivity contribution in [2.75, 3.05) is 13.2 Å². The third-order valence-electron chi connectivity index (χ3n) is 5.30. The predicted molar refractivity (Wildman–Crippen MR) is 106 cm³/mol. The van der Waals surface area contributed by atoms with Crippen LogP contribution in [0.5, 0.6) is 0 Å². The number of esters is 1. The largest absolute Gasteiger partial charge is 0.465 e. The number of piperidine rings is 1. The van der Waals surface area contributed by atoms with Crippen molar-refractivity contribution in [3.8, 4) is 0 Å². The molecule has 0 saturated carbocycles. The van der Waals surface area contributed by atoms with Crippen LogP contribution in [-0.4, -0.2) is 59.0 Å². The number of nitrogens with zero attached hydrogens (tertiary/aromatic N) is 2. The van der Waals surface area contributed by atoms with E-state index in [0.29, 0.717) is 12.8 Å². The molecule has 0 radical (unpaired) electrons. The van der Waals surface area contributed by atoms with Gasteiger partial charge in [-0.15, -0.1) is 5.73 Å². The fourth-order valence-corrected chi connectivity index (χ4v) is 4.06. The van der Waals surface area contributed by atoms with Crippen molar-refractivity contribution < 1.29 is 23.9 Å². The molecular weight excluding hydrogens is 372 g/mol. The van der Waals surface area contributed by atoms with Crippen LogP contribution in [0.2, 0.25) is 0 Å². The molecule has 1 aromatic carbocycles. The van der Waals surface area contributed by atoms with E-state index >= 15 is 0 Å². The van der Waals surface area contributed by atoms with E-state index < -0.39 is 24.1 Å². The van der Waals surface area contributed by atoms with E-state index in [2.05, 4.69) is 12.3 Å². The summed E-state index contributed by atoms with van der Waals surface area (Å²) in [6.45, 7) is 5.55. The Morgan fingerprint density at radius 1 is 1.24 bits per heavy atom. The van der Waals surface area contributed by atoms with Gasteiger partial charge in [-0.2, -0.15) is 0 Å². The lowest BCUT2D eigenvalue weighted by atomic mass is 9.85. The summed E-state index contributed by atoms with van der Waals surface area (Å²) < 4.78 is 10.5. The van der Waals surface area contributed by atoms with Gasteiger partial charge < -0.3 is 14.4 Å². The summed E-state index contributed by atoms with van der Waals surface area (Å²) in [5, 5.41) is 0. The van der Waals surface area contributed by atoms with E-state index in [1.54, 1.807) is 13.0 Å². The smallest absolute Gasteiger partial charge is 0.411 e. The van der Waals surface area contributed by atoms with Crippen LogP contribution < -0.4 is 0 Å². The number of carbonyl (C=O) groups excluding carboxylic acids is 3. The van der Waals surface area contributed by atoms with Gasteiger partial charge in [-0.25, -0.2) is 4.79 Å². The van der Waals surface area contributed by atoms with E-state index in [0.717, 1.165) is 12.0 Å². The van der Waals surface area contributed by atoms with Crippen molar-refractivity contribution in [2.45, 2.75) is 50.9 Å². The summed E-state index contributed by atoms with van der Waals surface area (Å²) in [7, 11) is 0. The van der Waals surface area contributed by atoms with Crippen LogP contribution in [0.15, 0.2) is 48.7 Å². The first-order chi connectivity index (χ1) is 14.1. The minimum atomic E-state index is -0.638. The average molecular weight is 398 g/mol. The van der Waals surface area contributed by atoms with Crippen LogP contribution in [0.4, 0.5) is 4.79 Å². The number of ether oxygens (including phenoxy) is 2. The first kappa shape index (κ1) is 20.7. The molecule has 154 valence electrons. The number of hydrogen-bond acceptors (Lipinski definition) is 5. The fourth-order valence-electron chi connectivity index (χ4n) is 4.06. The Morgan fingerprint density at radius 3 is 2.69 bits per heavy atom. The Bertz CT molecular complexity index is 803. The van der Waals surface area contributed by atoms with Gasteiger partial charge in [0.25, 0.3) is 0 Å². The fraction of sp³-hybridized carbons (Fsp3) is 0.455. The van der Waals surface area contributed by atoms with Gasteiger partial charge >= 0.3 is 12.1 Å². The Hall–Kier alpha value is -3.05. The quantitative estimate of drug-likeness (QED) is 0.544. The van der Waals surface area contributed by atoms with E-state index in [9.17, 15) is 14.4 Å². The van der Waals surface area contributed by atoms with Gasteiger partial charge in [-0.1, -0.05) is 36.9 Å². The predicted octanol–water partition coefficient (Wildman–Crippen LogP) is 2.66. The maximum atomic E-state index is 13.2. The van der Waals surface area contributed by atoms with Crippen molar-refractivity contribution in [2.24, 2.45) is 0 Å². The zero-order valence-corrected chi connectivity index (χ0v) is 16.6. The lowest BCUT2D eigenvalue weighted by molar-refractivity contribution is -0.159. The second-order valence-corrected chi connectivity index (χ2v) is 7.09. The van der Waals surface area contributed by atoms with Gasteiger partial charge in [0.05, 0.1) is 18.7 Å². The molecule has 7 nitrogen and oxygen atoms in total. The molecule has 3 atom stereocenters. The van der Waals surface area contributed by atoms with Crippen molar-refractivity contribution in [1.29, 1.82) is 0 Å². The second kappa shape index (κ2) is 9.43. The third-order valence-corrected chi connectivity index (χ3v) is 5.30. The van der Waals surface area contributed by atoms with Gasteiger partial charge in [0.1, 0.15) is 19.2 Å². The molecule has 0 spiro atoms. The number of rotatable bonds is 6. The number of likely N-dealkylation sites (tertiary alicyclic amines) is 1. The molecule has 0 aliphatic carbocycles. The zero-order chi connectivity index (χ0) is 20.8.